The number of carbonyl (C=O) groups is 2. The molecule has 6 nitrogen and oxygen atoms in total. The Morgan fingerprint density at radius 1 is 1.22 bits per heavy atom. The van der Waals surface area contributed by atoms with Gasteiger partial charge in [0.15, 0.2) is 0 Å². The predicted molar refractivity (Wildman–Crippen MR) is 125 cm³/mol. The van der Waals surface area contributed by atoms with Crippen LogP contribution < -0.4 is 10.1 Å². The summed E-state index contributed by atoms with van der Waals surface area (Å²) >= 11 is 0. The van der Waals surface area contributed by atoms with E-state index in [4.69, 9.17) is 4.74 Å². The van der Waals surface area contributed by atoms with Crippen molar-refractivity contribution in [3.05, 3.63) is 60.3 Å². The number of nitrogens with zero attached hydrogens (tertiary/aromatic N) is 2. The summed E-state index contributed by atoms with van der Waals surface area (Å²) in [5.41, 5.74) is 4.03. The van der Waals surface area contributed by atoms with E-state index in [9.17, 15) is 9.59 Å². The summed E-state index contributed by atoms with van der Waals surface area (Å²) in [4.78, 5) is 29.7. The number of hydrogen-bond acceptors (Lipinski definition) is 4. The van der Waals surface area contributed by atoms with Crippen LogP contribution in [0.5, 0.6) is 5.75 Å². The van der Waals surface area contributed by atoms with Crippen molar-refractivity contribution < 1.29 is 14.3 Å². The van der Waals surface area contributed by atoms with Crippen molar-refractivity contribution >= 4 is 22.7 Å². The lowest BCUT2D eigenvalue weighted by molar-refractivity contribution is -0.129. The molecule has 2 atom stereocenters. The third kappa shape index (κ3) is 4.74. The molecule has 1 fully saturated rings. The Labute approximate surface area is 188 Å². The van der Waals surface area contributed by atoms with E-state index in [0.29, 0.717) is 26.1 Å². The highest BCUT2D eigenvalue weighted by Gasteiger charge is 2.28. The molecule has 1 aromatic heterocycles. The molecule has 1 N–H and O–H groups in total. The molecule has 1 saturated heterocycles. The van der Waals surface area contributed by atoms with Crippen molar-refractivity contribution in [2.45, 2.75) is 39.8 Å². The van der Waals surface area contributed by atoms with Gasteiger partial charge in [-0.15, -0.1) is 0 Å². The van der Waals surface area contributed by atoms with Crippen LogP contribution in [0.15, 0.2) is 54.7 Å². The second kappa shape index (κ2) is 9.39. The molecule has 0 unspecified atom stereocenters. The fourth-order valence-electron chi connectivity index (χ4n) is 4.14. The van der Waals surface area contributed by atoms with Crippen molar-refractivity contribution in [3.63, 3.8) is 0 Å². The summed E-state index contributed by atoms with van der Waals surface area (Å²) < 4.78 is 6.36. The number of fused-ring (bicyclic) bond motifs is 1. The third-order valence-electron chi connectivity index (χ3n) is 6.16. The topological polar surface area (TPSA) is 71.5 Å². The van der Waals surface area contributed by atoms with Crippen LogP contribution in [-0.4, -0.2) is 40.9 Å². The van der Waals surface area contributed by atoms with Crippen molar-refractivity contribution in [2.24, 2.45) is 5.92 Å². The lowest BCUT2D eigenvalue weighted by atomic mass is 10.0. The normalized spacial score (nSPS) is 16.6. The first-order chi connectivity index (χ1) is 15.4. The molecule has 0 radical (unpaired) electrons. The van der Waals surface area contributed by atoms with Gasteiger partial charge >= 0.3 is 0 Å². The quantitative estimate of drug-likeness (QED) is 0.609. The Bertz CT molecular complexity index is 1130. The Balaban J connectivity index is 1.62. The van der Waals surface area contributed by atoms with E-state index in [1.54, 1.807) is 13.1 Å². The number of ether oxygens (including phenoxy) is 1. The molecule has 0 bridgehead atoms. The molecule has 4 rings (SSSR count). The van der Waals surface area contributed by atoms with Crippen LogP contribution in [0.1, 0.15) is 32.8 Å². The SMILES string of the molecule is CCN(Cc1ccc(-c2cc(O[C@H](C)[C@H]3CNC(=O)C3)c3cccnc3c2)cc1)C(C)=O. The zero-order chi connectivity index (χ0) is 22.7. The minimum atomic E-state index is -0.0958. The number of rotatable bonds is 7. The summed E-state index contributed by atoms with van der Waals surface area (Å²) in [5.74, 6) is 1.08. The number of amides is 2. The Morgan fingerprint density at radius 3 is 2.66 bits per heavy atom. The molecule has 0 saturated carbocycles. The maximum Gasteiger partial charge on any atom is 0.220 e. The highest BCUT2D eigenvalue weighted by Crippen LogP contribution is 2.33. The number of aromatic nitrogens is 1. The highest BCUT2D eigenvalue weighted by molar-refractivity contribution is 5.90. The number of benzene rings is 2. The molecular formula is C26H29N3O3. The third-order valence-corrected chi connectivity index (χ3v) is 6.16. The highest BCUT2D eigenvalue weighted by atomic mass is 16.5. The molecule has 6 heteroatoms. The zero-order valence-electron chi connectivity index (χ0n) is 18.8. The van der Waals surface area contributed by atoms with Gasteiger partial charge in [0.25, 0.3) is 0 Å². The lowest BCUT2D eigenvalue weighted by Crippen LogP contribution is -2.27. The van der Waals surface area contributed by atoms with Crippen molar-refractivity contribution in [1.82, 2.24) is 15.2 Å². The van der Waals surface area contributed by atoms with Gasteiger partial charge < -0.3 is 15.0 Å². The second-order valence-corrected chi connectivity index (χ2v) is 8.37. The van der Waals surface area contributed by atoms with Gasteiger partial charge in [-0.1, -0.05) is 24.3 Å². The van der Waals surface area contributed by atoms with E-state index in [1.165, 1.54) is 0 Å². The summed E-state index contributed by atoms with van der Waals surface area (Å²) in [5, 5.41) is 3.84. The lowest BCUT2D eigenvalue weighted by Gasteiger charge is -2.21. The predicted octanol–water partition coefficient (Wildman–Crippen LogP) is 4.17. The first-order valence-electron chi connectivity index (χ1n) is 11.1. The molecule has 1 aliphatic rings. The van der Waals surface area contributed by atoms with E-state index in [1.807, 2.05) is 36.9 Å². The van der Waals surface area contributed by atoms with Crippen LogP contribution in [0, 0.1) is 5.92 Å². The molecule has 2 aromatic carbocycles. The van der Waals surface area contributed by atoms with Gasteiger partial charge in [-0.25, -0.2) is 0 Å². The van der Waals surface area contributed by atoms with Crippen LogP contribution in [0.25, 0.3) is 22.0 Å². The number of carbonyl (C=O) groups excluding carboxylic acids is 2. The molecule has 3 aromatic rings. The van der Waals surface area contributed by atoms with Crippen LogP contribution in [0.2, 0.25) is 0 Å². The first kappa shape index (κ1) is 21.8. The first-order valence-corrected chi connectivity index (χ1v) is 11.1. The number of pyridine rings is 1. The van der Waals surface area contributed by atoms with Crippen LogP contribution in [0.4, 0.5) is 0 Å². The number of nitrogens with one attached hydrogen (secondary N) is 1. The second-order valence-electron chi connectivity index (χ2n) is 8.37. The minimum Gasteiger partial charge on any atom is -0.490 e. The molecular weight excluding hydrogens is 402 g/mol. The minimum absolute atomic E-state index is 0.0762. The maximum atomic E-state index is 11.7. The summed E-state index contributed by atoms with van der Waals surface area (Å²) in [7, 11) is 0. The molecule has 1 aliphatic heterocycles. The van der Waals surface area contributed by atoms with Crippen molar-refractivity contribution in [2.75, 3.05) is 13.1 Å². The Hall–Kier alpha value is -3.41. The van der Waals surface area contributed by atoms with Crippen molar-refractivity contribution in [1.29, 1.82) is 0 Å². The average Bonchev–Trinajstić information content (AvgIpc) is 3.24. The molecule has 166 valence electrons. The van der Waals surface area contributed by atoms with Crippen molar-refractivity contribution in [3.8, 4) is 16.9 Å². The van der Waals surface area contributed by atoms with E-state index in [0.717, 1.165) is 33.3 Å². The van der Waals surface area contributed by atoms with E-state index in [-0.39, 0.29) is 23.8 Å². The van der Waals surface area contributed by atoms with E-state index < -0.39 is 0 Å². The zero-order valence-corrected chi connectivity index (χ0v) is 18.8. The van der Waals surface area contributed by atoms with Crippen LogP contribution in [-0.2, 0) is 16.1 Å². The fraction of sp³-hybridized carbons (Fsp3) is 0.346. The van der Waals surface area contributed by atoms with Gasteiger partial charge in [-0.05, 0) is 54.8 Å². The summed E-state index contributed by atoms with van der Waals surface area (Å²) in [6.45, 7) is 7.53. The van der Waals surface area contributed by atoms with Gasteiger partial charge in [-0.2, -0.15) is 0 Å². The molecule has 2 heterocycles. The standard InChI is InChI=1S/C26H29N3O3/c1-4-29(18(3)30)16-19-7-9-20(10-8-19)21-12-24-23(6-5-11-27-24)25(13-21)32-17(2)22-14-26(31)28-15-22/h5-13,17,22H,4,14-16H2,1-3H3,(H,28,31)/t17-,22-/m1/s1. The van der Waals surface area contributed by atoms with Gasteiger partial charge in [0.05, 0.1) is 5.52 Å². The van der Waals surface area contributed by atoms with Gasteiger partial charge in [0.1, 0.15) is 11.9 Å². The summed E-state index contributed by atoms with van der Waals surface area (Å²) in [6.07, 6.45) is 2.18. The van der Waals surface area contributed by atoms with Crippen LogP contribution in [0.3, 0.4) is 0 Å². The smallest absolute Gasteiger partial charge is 0.220 e. The van der Waals surface area contributed by atoms with E-state index >= 15 is 0 Å². The maximum absolute atomic E-state index is 11.7. The monoisotopic (exact) mass is 431 g/mol. The molecule has 0 aliphatic carbocycles. The molecule has 0 spiro atoms. The van der Waals surface area contributed by atoms with Gasteiger partial charge in [-0.3, -0.25) is 14.6 Å². The fourth-order valence-corrected chi connectivity index (χ4v) is 4.14. The van der Waals surface area contributed by atoms with Crippen LogP contribution >= 0.6 is 0 Å². The van der Waals surface area contributed by atoms with E-state index in [2.05, 4.69) is 40.6 Å². The largest absolute Gasteiger partial charge is 0.490 e. The number of hydrogen-bond donors (Lipinski definition) is 1. The van der Waals surface area contributed by atoms with Gasteiger partial charge in [0.2, 0.25) is 11.8 Å². The summed E-state index contributed by atoms with van der Waals surface area (Å²) in [6, 6.07) is 16.3. The Kier molecular flexibility index (Phi) is 6.40. The molecule has 32 heavy (non-hydrogen) atoms. The average molecular weight is 432 g/mol. The van der Waals surface area contributed by atoms with Gasteiger partial charge in [0, 0.05) is 50.5 Å². The Morgan fingerprint density at radius 2 is 2.00 bits per heavy atom. The molecule has 2 amide bonds.